The molecule has 8 heterocycles. The number of hydrogen-bond donors (Lipinski definition) is 12. The number of thiazole rings is 1. The van der Waals surface area contributed by atoms with Crippen molar-refractivity contribution < 1.29 is 47.7 Å². The number of halogens is 4. The summed E-state index contributed by atoms with van der Waals surface area (Å²) in [6.07, 6.45) is 6.67. The van der Waals surface area contributed by atoms with Gasteiger partial charge in [-0.3, -0.25) is 62.9 Å². The lowest BCUT2D eigenvalue weighted by molar-refractivity contribution is 0.0938. The Morgan fingerprint density at radius 3 is 1.27 bits per heavy atom. The number of nitrogens with one attached hydrogen (secondary N) is 12. The molecule has 7 aromatic heterocycles. The van der Waals surface area contributed by atoms with Gasteiger partial charge < -0.3 is 75.4 Å². The fourth-order valence-corrected chi connectivity index (χ4v) is 18.5. The monoisotopic (exact) mass is 2210 g/mol. The lowest BCUT2D eigenvalue weighted by Gasteiger charge is -2.19. The summed E-state index contributed by atoms with van der Waals surface area (Å²) in [5, 5.41) is 26.7. The summed E-state index contributed by atoms with van der Waals surface area (Å²) in [4.78, 5) is 167. The maximum absolute atomic E-state index is 12.9. The Balaban J connectivity index is 0.000000131. The van der Waals surface area contributed by atoms with Crippen LogP contribution in [0.5, 0.6) is 28.7 Å². The number of H-pyrrole nitrogens is 6. The summed E-state index contributed by atoms with van der Waals surface area (Å²) in [6.45, 7) is 3.82. The number of amides is 6. The third-order valence-electron chi connectivity index (χ3n) is 22.7. The molecule has 1 aliphatic heterocycles. The third-order valence-corrected chi connectivity index (χ3v) is 26.7. The molecule has 12 N–H and O–H groups in total. The highest BCUT2D eigenvalue weighted by molar-refractivity contribution is 9.11. The summed E-state index contributed by atoms with van der Waals surface area (Å²) < 4.78 is 23.8. The van der Waals surface area contributed by atoms with Gasteiger partial charge in [-0.2, -0.15) is 0 Å². The van der Waals surface area contributed by atoms with Crippen LogP contribution in [0.4, 0.5) is 16.5 Å². The van der Waals surface area contributed by atoms with Crippen LogP contribution < -0.4 is 84.2 Å². The molecule has 0 radical (unpaired) electrons. The molecule has 0 spiro atoms. The van der Waals surface area contributed by atoms with Gasteiger partial charge in [0.1, 0.15) is 51.4 Å². The molecular formula is C111H91Br4N13O16S. The standard InChI is InChI=1S/C24H19BrN2O2.C22H16N2O3.C19H18N2O3.C17H11BrN2O4.C16H19BrN2O2.C13H8BrN3O2S/c25-21-18-13-7-8-14-19(18)23(28)27-22(21)24(29)26-15-20(16-9-3-1-4-10-16)17-11-5-2-6-12-17;25-21-19-12-5-4-7-15(19)13-20(24-21)22(26)23-16-8-6-11-18(14-16)27-17-9-2-1-3-10-17;1-24-15-7-4-5-13(11-15)9-10-20-19(23)17-12-14-6-2-3-8-16(14)18(22)21-17;18-14-10-3-1-2-4-11(10)16(21)20-15(14)17(22)19-9-5-6-12-13(7-9)24-8-23-12;1-2-3-4-7-10-18-16(21)14-13(17)11-8-5-6-9-12(11)15(20)19-14;14-9-7-3-1-2-4-8(7)11(18)16-10(9)12(19)17-13-15-5-6-20-13/h1-14,20H,15H2,(H,26,29)(H,27,28);1-14H,(H,23,26)(H,24,25);2-8,11-12H,9-10H2,1H3,(H,20,23)(H,21,22);1-7H,8H2,(H,19,22)(H,20,21);5-6,8-9H,2-4,7,10H2,1H3,(H,18,21)(H,19,20);1-6H,(H,16,18)(H,15,17,19). The summed E-state index contributed by atoms with van der Waals surface area (Å²) >= 11 is 15.0. The molecule has 0 bridgehead atoms. The molecule has 0 atom stereocenters. The van der Waals surface area contributed by atoms with E-state index < -0.39 is 17.7 Å². The first-order valence-electron chi connectivity index (χ1n) is 45.6. The van der Waals surface area contributed by atoms with E-state index in [-0.39, 0.29) is 98.0 Å². The van der Waals surface area contributed by atoms with Gasteiger partial charge in [0.05, 0.1) is 25.0 Å². The van der Waals surface area contributed by atoms with Gasteiger partial charge in [-0.15, -0.1) is 11.3 Å². The first-order valence-corrected chi connectivity index (χ1v) is 49.6. The maximum atomic E-state index is 12.9. The molecule has 730 valence electrons. The molecular weight excluding hydrogens is 2120 g/mol. The zero-order valence-corrected chi connectivity index (χ0v) is 84.7. The van der Waals surface area contributed by atoms with Crippen molar-refractivity contribution in [1.82, 2.24) is 50.8 Å². The fourth-order valence-electron chi connectivity index (χ4n) is 15.5. The number of benzene rings is 12. The first-order chi connectivity index (χ1) is 70.4. The van der Waals surface area contributed by atoms with Gasteiger partial charge in [0.2, 0.25) is 6.79 Å². The van der Waals surface area contributed by atoms with E-state index in [0.29, 0.717) is 137 Å². The van der Waals surface area contributed by atoms with Crippen LogP contribution >= 0.6 is 75.1 Å². The Bertz CT molecular complexity index is 8320. The number of hydrogen-bond acceptors (Lipinski definition) is 18. The van der Waals surface area contributed by atoms with Crippen LogP contribution in [0.25, 0.3) is 64.6 Å². The lowest BCUT2D eigenvalue weighted by atomic mass is 9.91. The number of para-hydroxylation sites is 1. The molecule has 20 rings (SSSR count). The number of aromatic nitrogens is 7. The number of unbranched alkanes of at least 4 members (excludes halogenated alkanes) is 3. The summed E-state index contributed by atoms with van der Waals surface area (Å²) in [6, 6.07) is 95.7. The van der Waals surface area contributed by atoms with Crippen LogP contribution in [0.1, 0.15) is 118 Å². The van der Waals surface area contributed by atoms with Crippen LogP contribution in [0.15, 0.2) is 374 Å². The number of methoxy groups -OCH3 is 1. The number of carbonyl (C=O) groups excluding carboxylic acids is 6. The second-order valence-corrected chi connectivity index (χ2v) is 36.5. The van der Waals surface area contributed by atoms with Crippen molar-refractivity contribution in [2.45, 2.75) is 44.9 Å². The molecule has 6 amide bonds. The van der Waals surface area contributed by atoms with E-state index in [1.807, 2.05) is 146 Å². The molecule has 0 unspecified atom stereocenters. The van der Waals surface area contributed by atoms with E-state index >= 15 is 0 Å². The number of aromatic amines is 6. The van der Waals surface area contributed by atoms with Crippen molar-refractivity contribution in [3.8, 4) is 28.7 Å². The largest absolute Gasteiger partial charge is 0.497 e. The number of fused-ring (bicyclic) bond motifs is 7. The molecule has 12 aromatic carbocycles. The Kier molecular flexibility index (Phi) is 35.3. The van der Waals surface area contributed by atoms with Crippen molar-refractivity contribution in [2.24, 2.45) is 0 Å². The molecule has 0 fully saturated rings. The van der Waals surface area contributed by atoms with Gasteiger partial charge in [-0.1, -0.05) is 232 Å². The minimum Gasteiger partial charge on any atom is -0.497 e. The number of anilines is 3. The van der Waals surface area contributed by atoms with E-state index in [0.717, 1.165) is 52.5 Å². The molecule has 0 saturated heterocycles. The van der Waals surface area contributed by atoms with Crippen molar-refractivity contribution in [3.05, 3.63) is 458 Å². The van der Waals surface area contributed by atoms with E-state index in [4.69, 9.17) is 18.9 Å². The highest BCUT2D eigenvalue weighted by atomic mass is 79.9. The van der Waals surface area contributed by atoms with E-state index in [1.54, 1.807) is 164 Å². The van der Waals surface area contributed by atoms with Gasteiger partial charge in [-0.25, -0.2) is 4.98 Å². The molecule has 34 heteroatoms. The zero-order chi connectivity index (χ0) is 102. The predicted molar refractivity (Wildman–Crippen MR) is 582 cm³/mol. The van der Waals surface area contributed by atoms with Crippen molar-refractivity contribution in [3.63, 3.8) is 0 Å². The van der Waals surface area contributed by atoms with Crippen molar-refractivity contribution in [1.29, 1.82) is 0 Å². The Labute approximate surface area is 864 Å². The van der Waals surface area contributed by atoms with Gasteiger partial charge in [0.15, 0.2) is 16.6 Å². The van der Waals surface area contributed by atoms with Gasteiger partial charge in [0.25, 0.3) is 68.8 Å². The summed E-state index contributed by atoms with van der Waals surface area (Å²) in [5.74, 6) is 1.22. The highest BCUT2D eigenvalue weighted by Crippen LogP contribution is 2.36. The average Bonchev–Trinajstić information content (AvgIpc) is 1.12. The van der Waals surface area contributed by atoms with Crippen LogP contribution in [0.3, 0.4) is 0 Å². The maximum Gasteiger partial charge on any atom is 0.275 e. The summed E-state index contributed by atoms with van der Waals surface area (Å²) in [5.41, 5.74) is 4.06. The number of pyridine rings is 6. The van der Waals surface area contributed by atoms with Gasteiger partial charge in [-0.05, 0) is 201 Å². The summed E-state index contributed by atoms with van der Waals surface area (Å²) in [7, 11) is 1.62. The quantitative estimate of drug-likeness (QED) is 0.0250. The fraction of sp³-hybridized carbons (Fsp3) is 0.108. The molecule has 0 saturated carbocycles. The number of ether oxygens (including phenoxy) is 4. The zero-order valence-electron chi connectivity index (χ0n) is 77.5. The van der Waals surface area contributed by atoms with Gasteiger partial charge in [0, 0.05) is 114 Å². The molecule has 19 aromatic rings. The van der Waals surface area contributed by atoms with Crippen LogP contribution in [0.2, 0.25) is 0 Å². The number of carbonyl (C=O) groups is 6. The molecule has 0 aliphatic carbocycles. The van der Waals surface area contributed by atoms with Crippen LogP contribution in [0, 0.1) is 0 Å². The van der Waals surface area contributed by atoms with Gasteiger partial charge >= 0.3 is 0 Å². The molecule has 1 aliphatic rings. The van der Waals surface area contributed by atoms with Crippen LogP contribution in [-0.4, -0.2) is 104 Å². The number of nitrogens with zero attached hydrogens (tertiary/aromatic N) is 1. The minimum atomic E-state index is -0.427. The Morgan fingerprint density at radius 1 is 0.366 bits per heavy atom. The number of rotatable bonds is 24. The van der Waals surface area contributed by atoms with E-state index in [2.05, 4.69) is 162 Å². The minimum absolute atomic E-state index is 0.00676. The first kappa shape index (κ1) is 103. The Morgan fingerprint density at radius 2 is 0.772 bits per heavy atom. The second kappa shape index (κ2) is 49.7. The van der Waals surface area contributed by atoms with E-state index in [9.17, 15) is 57.5 Å². The average molecular weight is 2210 g/mol. The smallest absolute Gasteiger partial charge is 0.275 e. The Hall–Kier alpha value is -16.5. The topological polar surface area (TPSA) is 422 Å². The normalized spacial score (nSPS) is 11.0. The molecule has 145 heavy (non-hydrogen) atoms. The highest BCUT2D eigenvalue weighted by Gasteiger charge is 2.25. The molecule has 29 nitrogen and oxygen atoms in total. The van der Waals surface area contributed by atoms with Crippen molar-refractivity contribution in [2.75, 3.05) is 49.5 Å². The van der Waals surface area contributed by atoms with Crippen molar-refractivity contribution >= 4 is 192 Å². The predicted octanol–water partition coefficient (Wildman–Crippen LogP) is 21.8. The SMILES string of the molecule is CCCCCCNC(=O)c1[nH]c(=O)c2ccccc2c1Br.COc1cccc(CCNC(=O)c2cc3ccccc3c(=O)[nH]2)c1.O=C(NCC(c1ccccc1)c1ccccc1)c1[nH]c(=O)c2ccccc2c1Br.O=C(Nc1ccc2c(c1)OCO2)c1[nH]c(=O)c2ccccc2c1Br.O=C(Nc1cccc(Oc2ccccc2)c1)c1cc2ccccc2c(=O)[nH]1.O=C(Nc1nccs1)c1[nH]c(=O)c2ccccc2c1Br. The lowest BCUT2D eigenvalue weighted by Crippen LogP contribution is -2.31. The van der Waals surface area contributed by atoms with E-state index in [1.165, 1.54) is 17.8 Å². The third kappa shape index (κ3) is 26.4. The van der Waals surface area contributed by atoms with Crippen LogP contribution in [-0.2, 0) is 6.42 Å². The second-order valence-electron chi connectivity index (χ2n) is 32.4.